The van der Waals surface area contributed by atoms with Gasteiger partial charge in [0.25, 0.3) is 0 Å². The van der Waals surface area contributed by atoms with E-state index < -0.39 is 0 Å². The van der Waals surface area contributed by atoms with E-state index in [1.807, 2.05) is 12.1 Å². The lowest BCUT2D eigenvalue weighted by molar-refractivity contribution is 0.286. The van der Waals surface area contributed by atoms with E-state index in [-0.39, 0.29) is 5.54 Å². The van der Waals surface area contributed by atoms with E-state index in [1.165, 1.54) is 16.8 Å². The molecule has 1 aliphatic heterocycles. The van der Waals surface area contributed by atoms with E-state index in [1.54, 1.807) is 0 Å². The molecule has 1 aliphatic rings. The molecule has 0 spiro atoms. The molecule has 3 aromatic rings. The first-order valence-corrected chi connectivity index (χ1v) is 11.2. The zero-order valence-electron chi connectivity index (χ0n) is 17.4. The van der Waals surface area contributed by atoms with E-state index >= 15 is 0 Å². The third-order valence-electron chi connectivity index (χ3n) is 6.41. The Bertz CT molecular complexity index is 940. The average molecular weight is 408 g/mol. The van der Waals surface area contributed by atoms with Gasteiger partial charge in [-0.15, -0.1) is 0 Å². The fourth-order valence-corrected chi connectivity index (χ4v) is 4.87. The molecule has 0 bridgehead atoms. The van der Waals surface area contributed by atoms with Gasteiger partial charge in [-0.05, 0) is 62.9 Å². The third kappa shape index (κ3) is 3.74. The summed E-state index contributed by atoms with van der Waals surface area (Å²) in [5.74, 6) is 0. The first-order chi connectivity index (χ1) is 14.2. The minimum absolute atomic E-state index is 0.122. The van der Waals surface area contributed by atoms with Gasteiger partial charge in [0.2, 0.25) is 0 Å². The Morgan fingerprint density at radius 1 is 0.966 bits per heavy atom. The Balaban J connectivity index is 1.94. The van der Waals surface area contributed by atoms with E-state index in [0.717, 1.165) is 61.5 Å². The molecule has 0 saturated heterocycles. The maximum absolute atomic E-state index is 6.16. The fraction of sp³-hybridized carbons (Fsp3) is 0.400. The van der Waals surface area contributed by atoms with E-state index in [0.29, 0.717) is 0 Å². The number of hydrogen-bond donors (Lipinski definition) is 1. The zero-order chi connectivity index (χ0) is 20.3. The summed E-state index contributed by atoms with van der Waals surface area (Å²) in [4.78, 5) is 0. The van der Waals surface area contributed by atoms with Crippen molar-refractivity contribution in [3.05, 3.63) is 76.4 Å². The number of hydrogen-bond acceptors (Lipinski definition) is 2. The van der Waals surface area contributed by atoms with Crippen molar-refractivity contribution in [1.29, 1.82) is 0 Å². The summed E-state index contributed by atoms with van der Waals surface area (Å²) in [5, 5.41) is 9.64. The predicted octanol–water partition coefficient (Wildman–Crippen LogP) is 5.85. The van der Waals surface area contributed by atoms with Gasteiger partial charge in [0.15, 0.2) is 0 Å². The Kier molecular flexibility index (Phi) is 6.07. The maximum atomic E-state index is 6.16. The van der Waals surface area contributed by atoms with Crippen LogP contribution in [0.1, 0.15) is 49.9 Å². The molecular formula is C25H30ClN3. The summed E-state index contributed by atoms with van der Waals surface area (Å²) in [7, 11) is 0. The van der Waals surface area contributed by atoms with Crippen molar-refractivity contribution in [2.45, 2.75) is 51.5 Å². The first kappa shape index (κ1) is 20.2. The summed E-state index contributed by atoms with van der Waals surface area (Å²) < 4.78 is 2.38. The van der Waals surface area contributed by atoms with Crippen LogP contribution in [0.15, 0.2) is 54.6 Å². The van der Waals surface area contributed by atoms with Gasteiger partial charge in [0, 0.05) is 21.8 Å². The molecule has 3 nitrogen and oxygen atoms in total. The quantitative estimate of drug-likeness (QED) is 0.575. The molecule has 0 radical (unpaired) electrons. The van der Waals surface area contributed by atoms with Crippen molar-refractivity contribution >= 4 is 11.6 Å². The van der Waals surface area contributed by atoms with Crippen LogP contribution in [0, 0.1) is 0 Å². The van der Waals surface area contributed by atoms with Crippen molar-refractivity contribution in [1.82, 2.24) is 15.1 Å². The summed E-state index contributed by atoms with van der Waals surface area (Å²) in [6, 6.07) is 19.0. The topological polar surface area (TPSA) is 29.9 Å². The largest absolute Gasteiger partial charge is 0.316 e. The highest BCUT2D eigenvalue weighted by Crippen LogP contribution is 2.38. The second-order valence-electron chi connectivity index (χ2n) is 7.90. The molecule has 0 aliphatic carbocycles. The molecule has 0 fully saturated rings. The van der Waals surface area contributed by atoms with Gasteiger partial charge in [0.05, 0.1) is 11.2 Å². The summed E-state index contributed by atoms with van der Waals surface area (Å²) >= 11 is 6.16. The van der Waals surface area contributed by atoms with Crippen LogP contribution in [-0.4, -0.2) is 22.9 Å². The highest BCUT2D eigenvalue weighted by Gasteiger charge is 2.35. The van der Waals surface area contributed by atoms with Crippen molar-refractivity contribution in [2.24, 2.45) is 0 Å². The number of nitrogens with zero attached hydrogens (tertiary/aromatic N) is 2. The summed E-state index contributed by atoms with van der Waals surface area (Å²) in [6.07, 6.45) is 5.22. The Morgan fingerprint density at radius 3 is 2.38 bits per heavy atom. The van der Waals surface area contributed by atoms with Crippen molar-refractivity contribution in [2.75, 3.05) is 13.1 Å². The van der Waals surface area contributed by atoms with Gasteiger partial charge in [-0.3, -0.25) is 4.68 Å². The molecular weight excluding hydrogens is 378 g/mol. The van der Waals surface area contributed by atoms with E-state index in [9.17, 15) is 0 Å². The van der Waals surface area contributed by atoms with Crippen LogP contribution in [0.3, 0.4) is 0 Å². The molecule has 4 heteroatoms. The molecule has 1 N–H and O–H groups in total. The van der Waals surface area contributed by atoms with E-state index in [2.05, 4.69) is 66.3 Å². The molecule has 1 aromatic heterocycles. The number of nitrogens with one attached hydrogen (secondary N) is 1. The van der Waals surface area contributed by atoms with E-state index in [4.69, 9.17) is 16.7 Å². The smallest absolute Gasteiger partial charge is 0.0958 e. The normalized spacial score (nSPS) is 14.9. The van der Waals surface area contributed by atoms with Crippen LogP contribution in [-0.2, 0) is 18.4 Å². The van der Waals surface area contributed by atoms with Gasteiger partial charge >= 0.3 is 0 Å². The lowest BCUT2D eigenvalue weighted by Gasteiger charge is -2.35. The molecule has 0 unspecified atom stereocenters. The minimum Gasteiger partial charge on any atom is -0.316 e. The average Bonchev–Trinajstić information content (AvgIpc) is 3.08. The summed E-state index contributed by atoms with van der Waals surface area (Å²) in [5.41, 5.74) is 6.29. The molecule has 152 valence electrons. The van der Waals surface area contributed by atoms with Gasteiger partial charge < -0.3 is 5.32 Å². The number of halogens is 1. The van der Waals surface area contributed by atoms with Crippen LogP contribution >= 0.6 is 11.6 Å². The number of fused-ring (bicyclic) bond motifs is 1. The van der Waals surface area contributed by atoms with Crippen LogP contribution < -0.4 is 5.32 Å². The molecule has 29 heavy (non-hydrogen) atoms. The van der Waals surface area contributed by atoms with Gasteiger partial charge in [-0.25, -0.2) is 0 Å². The van der Waals surface area contributed by atoms with Crippen LogP contribution in [0.5, 0.6) is 0 Å². The second kappa shape index (κ2) is 8.73. The molecule has 4 rings (SSSR count). The Hall–Kier alpha value is -2.10. The molecule has 0 saturated carbocycles. The minimum atomic E-state index is -0.122. The SMILES string of the molecule is CCC(CC)(c1ccccc1)n1nc(-c2ccc(Cl)cc2)c2c1CCCNCC2. The van der Waals surface area contributed by atoms with Crippen molar-refractivity contribution in [3.8, 4) is 11.3 Å². The van der Waals surface area contributed by atoms with Gasteiger partial charge in [-0.1, -0.05) is 67.9 Å². The predicted molar refractivity (Wildman–Crippen MR) is 122 cm³/mol. The number of rotatable bonds is 5. The molecule has 0 atom stereocenters. The van der Waals surface area contributed by atoms with Crippen LogP contribution in [0.4, 0.5) is 0 Å². The highest BCUT2D eigenvalue weighted by atomic mass is 35.5. The Labute approximate surface area is 179 Å². The summed E-state index contributed by atoms with van der Waals surface area (Å²) in [6.45, 7) is 6.64. The zero-order valence-corrected chi connectivity index (χ0v) is 18.2. The van der Waals surface area contributed by atoms with Crippen LogP contribution in [0.2, 0.25) is 5.02 Å². The number of benzene rings is 2. The maximum Gasteiger partial charge on any atom is 0.0958 e. The molecule has 2 heterocycles. The van der Waals surface area contributed by atoms with Crippen LogP contribution in [0.25, 0.3) is 11.3 Å². The lowest BCUT2D eigenvalue weighted by atomic mass is 9.84. The third-order valence-corrected chi connectivity index (χ3v) is 6.66. The Morgan fingerprint density at radius 2 is 1.69 bits per heavy atom. The van der Waals surface area contributed by atoms with Gasteiger partial charge in [0.1, 0.15) is 0 Å². The number of aromatic nitrogens is 2. The molecule has 0 amide bonds. The first-order valence-electron chi connectivity index (χ1n) is 10.8. The fourth-order valence-electron chi connectivity index (χ4n) is 4.75. The van der Waals surface area contributed by atoms with Crippen molar-refractivity contribution in [3.63, 3.8) is 0 Å². The van der Waals surface area contributed by atoms with Gasteiger partial charge in [-0.2, -0.15) is 5.10 Å². The monoisotopic (exact) mass is 407 g/mol. The second-order valence-corrected chi connectivity index (χ2v) is 8.34. The molecule has 2 aromatic carbocycles. The van der Waals surface area contributed by atoms with Crippen molar-refractivity contribution < 1.29 is 0 Å². The highest BCUT2D eigenvalue weighted by molar-refractivity contribution is 6.30. The standard InChI is InChI=1S/C25H30ClN3/c1-3-25(4-2,20-9-6-5-7-10-20)29-23-11-8-17-27-18-16-22(23)24(28-29)19-12-14-21(26)15-13-19/h5-7,9-10,12-15,27H,3-4,8,11,16-18H2,1-2H3. The lowest BCUT2D eigenvalue weighted by Crippen LogP contribution is -2.36.